The molecule has 0 saturated heterocycles. The fourth-order valence-corrected chi connectivity index (χ4v) is 1.45. The van der Waals surface area contributed by atoms with E-state index >= 15 is 0 Å². The van der Waals surface area contributed by atoms with Crippen LogP contribution in [-0.4, -0.2) is 4.98 Å². The zero-order valence-electron chi connectivity index (χ0n) is 9.43. The van der Waals surface area contributed by atoms with Gasteiger partial charge in [-0.3, -0.25) is 0 Å². The van der Waals surface area contributed by atoms with E-state index in [9.17, 15) is 4.39 Å². The molecule has 2 N–H and O–H groups in total. The third-order valence-electron chi connectivity index (χ3n) is 2.32. The summed E-state index contributed by atoms with van der Waals surface area (Å²) in [6, 6.07) is 9.27. The van der Waals surface area contributed by atoms with Gasteiger partial charge in [0, 0.05) is 17.8 Å². The molecule has 0 spiro atoms. The van der Waals surface area contributed by atoms with E-state index in [0.29, 0.717) is 11.6 Å². The molecule has 0 aliphatic carbocycles. The molecule has 1 atom stereocenters. The zero-order chi connectivity index (χ0) is 12.3. The van der Waals surface area contributed by atoms with Crippen LogP contribution in [0.5, 0.6) is 11.6 Å². The molecule has 1 heterocycles. The number of pyridine rings is 1. The number of nitrogens with zero attached hydrogens (tertiary/aromatic N) is 1. The molecule has 88 valence electrons. The van der Waals surface area contributed by atoms with Crippen molar-refractivity contribution in [1.82, 2.24) is 4.98 Å². The summed E-state index contributed by atoms with van der Waals surface area (Å²) >= 11 is 0. The number of rotatable bonds is 3. The minimum atomic E-state index is -0.300. The van der Waals surface area contributed by atoms with Crippen molar-refractivity contribution in [2.24, 2.45) is 5.73 Å². The Morgan fingerprint density at radius 3 is 2.59 bits per heavy atom. The first-order valence-electron chi connectivity index (χ1n) is 5.31. The topological polar surface area (TPSA) is 48.1 Å². The highest BCUT2D eigenvalue weighted by atomic mass is 19.1. The lowest BCUT2D eigenvalue weighted by atomic mass is 10.1. The van der Waals surface area contributed by atoms with Gasteiger partial charge in [-0.05, 0) is 37.3 Å². The molecule has 3 nitrogen and oxygen atoms in total. The maximum absolute atomic E-state index is 12.7. The Kier molecular flexibility index (Phi) is 3.35. The first-order chi connectivity index (χ1) is 8.16. The van der Waals surface area contributed by atoms with Crippen LogP contribution < -0.4 is 10.5 Å². The van der Waals surface area contributed by atoms with E-state index in [1.807, 2.05) is 13.0 Å². The van der Waals surface area contributed by atoms with Crippen LogP contribution in [0.15, 0.2) is 42.6 Å². The summed E-state index contributed by atoms with van der Waals surface area (Å²) in [6.45, 7) is 1.86. The van der Waals surface area contributed by atoms with Crippen LogP contribution in [0.25, 0.3) is 0 Å². The number of ether oxygens (including phenoxy) is 1. The number of hydrogen-bond donors (Lipinski definition) is 1. The second-order valence-electron chi connectivity index (χ2n) is 3.74. The molecule has 0 fully saturated rings. The van der Waals surface area contributed by atoms with Crippen LogP contribution in [0.4, 0.5) is 4.39 Å². The van der Waals surface area contributed by atoms with Crippen LogP contribution in [0, 0.1) is 5.82 Å². The largest absolute Gasteiger partial charge is 0.439 e. The maximum atomic E-state index is 12.7. The monoisotopic (exact) mass is 232 g/mol. The Bertz CT molecular complexity index is 497. The molecule has 2 rings (SSSR count). The number of benzene rings is 1. The number of halogens is 1. The summed E-state index contributed by atoms with van der Waals surface area (Å²) in [7, 11) is 0. The number of aromatic nitrogens is 1. The molecule has 4 heteroatoms. The lowest BCUT2D eigenvalue weighted by Gasteiger charge is -2.11. The van der Waals surface area contributed by atoms with E-state index in [1.165, 1.54) is 12.1 Å². The SMILES string of the molecule is C[C@@H](N)c1cccnc1Oc1ccc(F)cc1. The van der Waals surface area contributed by atoms with Gasteiger partial charge in [-0.1, -0.05) is 6.07 Å². The molecule has 17 heavy (non-hydrogen) atoms. The highest BCUT2D eigenvalue weighted by molar-refractivity contribution is 5.33. The van der Waals surface area contributed by atoms with E-state index in [2.05, 4.69) is 4.98 Å². The molecule has 0 saturated carbocycles. The summed E-state index contributed by atoms with van der Waals surface area (Å²) < 4.78 is 18.3. The maximum Gasteiger partial charge on any atom is 0.223 e. The molecule has 1 aromatic carbocycles. The van der Waals surface area contributed by atoms with Crippen molar-refractivity contribution in [1.29, 1.82) is 0 Å². The van der Waals surface area contributed by atoms with E-state index in [4.69, 9.17) is 10.5 Å². The molecule has 0 aliphatic rings. The summed E-state index contributed by atoms with van der Waals surface area (Å²) in [5, 5.41) is 0. The second kappa shape index (κ2) is 4.93. The molecule has 0 aliphatic heterocycles. The van der Waals surface area contributed by atoms with Gasteiger partial charge in [-0.2, -0.15) is 0 Å². The zero-order valence-corrected chi connectivity index (χ0v) is 9.43. The summed E-state index contributed by atoms with van der Waals surface area (Å²) in [5.74, 6) is 0.687. The summed E-state index contributed by atoms with van der Waals surface area (Å²) in [4.78, 5) is 4.12. The normalized spacial score (nSPS) is 12.2. The van der Waals surface area contributed by atoms with Gasteiger partial charge in [0.1, 0.15) is 11.6 Å². The van der Waals surface area contributed by atoms with Gasteiger partial charge in [-0.15, -0.1) is 0 Å². The van der Waals surface area contributed by atoms with Gasteiger partial charge in [0.2, 0.25) is 5.88 Å². The molecular formula is C13H13FN2O. The van der Waals surface area contributed by atoms with Crippen LogP contribution in [-0.2, 0) is 0 Å². The first-order valence-corrected chi connectivity index (χ1v) is 5.31. The third-order valence-corrected chi connectivity index (χ3v) is 2.32. The van der Waals surface area contributed by atoms with Crippen molar-refractivity contribution in [2.45, 2.75) is 13.0 Å². The van der Waals surface area contributed by atoms with Gasteiger partial charge in [0.25, 0.3) is 0 Å². The van der Waals surface area contributed by atoms with Gasteiger partial charge >= 0.3 is 0 Å². The van der Waals surface area contributed by atoms with Crippen LogP contribution in [0.2, 0.25) is 0 Å². The highest BCUT2D eigenvalue weighted by Crippen LogP contribution is 2.26. The Morgan fingerprint density at radius 2 is 1.94 bits per heavy atom. The molecular weight excluding hydrogens is 219 g/mol. The molecule has 0 bridgehead atoms. The average molecular weight is 232 g/mol. The predicted octanol–water partition coefficient (Wildman–Crippen LogP) is 3.03. The molecule has 0 amide bonds. The molecule has 1 aromatic heterocycles. The van der Waals surface area contributed by atoms with Crippen molar-refractivity contribution < 1.29 is 9.13 Å². The predicted molar refractivity (Wildman–Crippen MR) is 63.3 cm³/mol. The molecule has 0 radical (unpaired) electrons. The van der Waals surface area contributed by atoms with E-state index in [-0.39, 0.29) is 11.9 Å². The molecule has 2 aromatic rings. The van der Waals surface area contributed by atoms with Crippen molar-refractivity contribution in [2.75, 3.05) is 0 Å². The summed E-state index contributed by atoms with van der Waals surface area (Å²) in [5.41, 5.74) is 6.63. The summed E-state index contributed by atoms with van der Waals surface area (Å²) in [6.07, 6.45) is 1.63. The van der Waals surface area contributed by atoms with Gasteiger partial charge < -0.3 is 10.5 Å². The van der Waals surface area contributed by atoms with E-state index in [0.717, 1.165) is 5.56 Å². The number of nitrogens with two attached hydrogens (primary N) is 1. The fourth-order valence-electron chi connectivity index (χ4n) is 1.45. The van der Waals surface area contributed by atoms with Crippen LogP contribution in [0.3, 0.4) is 0 Å². The average Bonchev–Trinajstić information content (AvgIpc) is 2.32. The van der Waals surface area contributed by atoms with Crippen molar-refractivity contribution in [3.05, 3.63) is 54.0 Å². The van der Waals surface area contributed by atoms with Gasteiger partial charge in [-0.25, -0.2) is 9.37 Å². The Balaban J connectivity index is 2.26. The quantitative estimate of drug-likeness (QED) is 0.884. The Labute approximate surface area is 99.1 Å². The Hall–Kier alpha value is -1.94. The minimum absolute atomic E-state index is 0.167. The molecule has 0 unspecified atom stereocenters. The lowest BCUT2D eigenvalue weighted by molar-refractivity contribution is 0.450. The number of hydrogen-bond acceptors (Lipinski definition) is 3. The van der Waals surface area contributed by atoms with Crippen molar-refractivity contribution in [3.63, 3.8) is 0 Å². The van der Waals surface area contributed by atoms with E-state index in [1.54, 1.807) is 24.4 Å². The van der Waals surface area contributed by atoms with Crippen LogP contribution in [0.1, 0.15) is 18.5 Å². The second-order valence-corrected chi connectivity index (χ2v) is 3.74. The minimum Gasteiger partial charge on any atom is -0.439 e. The third kappa shape index (κ3) is 2.79. The smallest absolute Gasteiger partial charge is 0.223 e. The van der Waals surface area contributed by atoms with Gasteiger partial charge in [0.15, 0.2) is 0 Å². The van der Waals surface area contributed by atoms with Crippen molar-refractivity contribution in [3.8, 4) is 11.6 Å². The lowest BCUT2D eigenvalue weighted by Crippen LogP contribution is -2.07. The Morgan fingerprint density at radius 1 is 1.24 bits per heavy atom. The van der Waals surface area contributed by atoms with Crippen LogP contribution >= 0.6 is 0 Å². The highest BCUT2D eigenvalue weighted by Gasteiger charge is 2.09. The van der Waals surface area contributed by atoms with Crippen molar-refractivity contribution >= 4 is 0 Å². The standard InChI is InChI=1S/C13H13FN2O/c1-9(15)12-3-2-8-16-13(12)17-11-6-4-10(14)5-7-11/h2-9H,15H2,1H3/t9-/m1/s1. The first kappa shape index (κ1) is 11.5. The van der Waals surface area contributed by atoms with E-state index < -0.39 is 0 Å². The van der Waals surface area contributed by atoms with Gasteiger partial charge in [0.05, 0.1) is 0 Å². The fraction of sp³-hybridized carbons (Fsp3) is 0.154.